The van der Waals surface area contributed by atoms with Gasteiger partial charge in [0.05, 0.1) is 18.2 Å². The third-order valence-electron chi connectivity index (χ3n) is 5.65. The first kappa shape index (κ1) is 23.0. The van der Waals surface area contributed by atoms with Gasteiger partial charge in [0.25, 0.3) is 0 Å². The van der Waals surface area contributed by atoms with E-state index in [9.17, 15) is 19.8 Å². The third kappa shape index (κ3) is 5.60. The molecule has 0 aliphatic carbocycles. The molecule has 2 rings (SSSR count). The molecule has 0 aromatic heterocycles. The molecule has 1 aliphatic heterocycles. The van der Waals surface area contributed by atoms with E-state index in [2.05, 4.69) is 33.9 Å². The van der Waals surface area contributed by atoms with Crippen LogP contribution in [0.1, 0.15) is 38.8 Å². The number of amides is 1. The van der Waals surface area contributed by atoms with Gasteiger partial charge in [0.2, 0.25) is 0 Å². The van der Waals surface area contributed by atoms with Crippen molar-refractivity contribution in [3.63, 3.8) is 0 Å². The highest BCUT2D eigenvalue weighted by Gasteiger charge is 2.37. The highest BCUT2D eigenvalue weighted by molar-refractivity contribution is 6.74. The van der Waals surface area contributed by atoms with Gasteiger partial charge in [-0.3, -0.25) is 4.90 Å². The van der Waals surface area contributed by atoms with Crippen LogP contribution in [-0.2, 0) is 9.22 Å². The minimum Gasteiger partial charge on any atom is -0.491 e. The summed E-state index contributed by atoms with van der Waals surface area (Å²) in [4.78, 5) is 24.3. The van der Waals surface area contributed by atoms with E-state index in [1.54, 1.807) is 30.3 Å². The van der Waals surface area contributed by atoms with Gasteiger partial charge in [-0.2, -0.15) is 0 Å². The number of aliphatic carboxylic acids is 1. The molecule has 0 bridgehead atoms. The Kier molecular flexibility index (Phi) is 7.13. The summed E-state index contributed by atoms with van der Waals surface area (Å²) in [6.07, 6.45) is 0.847. The van der Waals surface area contributed by atoms with Gasteiger partial charge in [-0.05, 0) is 42.2 Å². The molecular formula is C21H31NO6Si. The number of hydrogen-bond donors (Lipinski definition) is 2. The van der Waals surface area contributed by atoms with Crippen molar-refractivity contribution in [2.24, 2.45) is 0 Å². The largest absolute Gasteiger partial charge is 0.491 e. The van der Waals surface area contributed by atoms with E-state index in [-0.39, 0.29) is 17.2 Å². The molecule has 2 N–H and O–H groups in total. The normalized spacial score (nSPS) is 17.6. The number of ether oxygens (including phenoxy) is 1. The second-order valence-electron chi connectivity index (χ2n) is 8.66. The number of carbonyl (C=O) groups is 2. The lowest BCUT2D eigenvalue weighted by atomic mass is 9.93. The maximum Gasteiger partial charge on any atom is 0.408 e. The SMILES string of the molecule is CC(C)(C)[Si](C)(C)OCCOc1ccc(C2C(C(=O)O)=CCCN2C(=O)O)cc1. The fraction of sp³-hybridized carbons (Fsp3) is 0.524. The van der Waals surface area contributed by atoms with Crippen LogP contribution < -0.4 is 4.74 Å². The van der Waals surface area contributed by atoms with Crippen LogP contribution in [-0.4, -0.2) is 55.3 Å². The van der Waals surface area contributed by atoms with Crippen molar-refractivity contribution >= 4 is 20.4 Å². The van der Waals surface area contributed by atoms with Crippen molar-refractivity contribution in [1.29, 1.82) is 0 Å². The van der Waals surface area contributed by atoms with Crippen LogP contribution in [0.25, 0.3) is 0 Å². The summed E-state index contributed by atoms with van der Waals surface area (Å²) < 4.78 is 11.8. The predicted octanol–water partition coefficient (Wildman–Crippen LogP) is 4.52. The van der Waals surface area contributed by atoms with Gasteiger partial charge >= 0.3 is 12.1 Å². The first-order valence-electron chi connectivity index (χ1n) is 9.73. The van der Waals surface area contributed by atoms with E-state index in [1.165, 1.54) is 0 Å². The monoisotopic (exact) mass is 421 g/mol. The quantitative estimate of drug-likeness (QED) is 0.496. The molecule has 1 aromatic carbocycles. The molecule has 8 heteroatoms. The van der Waals surface area contributed by atoms with Crippen LogP contribution in [0.5, 0.6) is 5.75 Å². The summed E-state index contributed by atoms with van der Waals surface area (Å²) >= 11 is 0. The molecule has 7 nitrogen and oxygen atoms in total. The van der Waals surface area contributed by atoms with Crippen molar-refractivity contribution in [2.75, 3.05) is 19.8 Å². The van der Waals surface area contributed by atoms with Crippen LogP contribution in [0.3, 0.4) is 0 Å². The molecule has 0 saturated carbocycles. The van der Waals surface area contributed by atoms with Crippen molar-refractivity contribution < 1.29 is 29.0 Å². The molecule has 1 amide bonds. The van der Waals surface area contributed by atoms with Gasteiger partial charge in [-0.25, -0.2) is 9.59 Å². The number of nitrogens with zero attached hydrogens (tertiary/aromatic N) is 1. The van der Waals surface area contributed by atoms with E-state index in [4.69, 9.17) is 9.16 Å². The van der Waals surface area contributed by atoms with Crippen LogP contribution in [0.4, 0.5) is 4.79 Å². The zero-order valence-corrected chi connectivity index (χ0v) is 18.8. The van der Waals surface area contributed by atoms with Crippen molar-refractivity contribution in [2.45, 2.75) is 51.4 Å². The first-order valence-corrected chi connectivity index (χ1v) is 12.6. The van der Waals surface area contributed by atoms with Gasteiger partial charge in [-0.1, -0.05) is 39.0 Å². The maximum atomic E-state index is 11.6. The van der Waals surface area contributed by atoms with Crippen LogP contribution in [0, 0.1) is 0 Å². The highest BCUT2D eigenvalue weighted by atomic mass is 28.4. The Bertz CT molecular complexity index is 766. The van der Waals surface area contributed by atoms with Crippen molar-refractivity contribution in [3.05, 3.63) is 41.5 Å². The van der Waals surface area contributed by atoms with E-state index in [1.807, 2.05) is 0 Å². The molecule has 1 aliphatic rings. The average Bonchev–Trinajstić information content (AvgIpc) is 2.64. The Hall–Kier alpha value is -2.32. The Morgan fingerprint density at radius 3 is 2.28 bits per heavy atom. The Labute approximate surface area is 173 Å². The minimum absolute atomic E-state index is 0.0788. The molecule has 0 fully saturated rings. The molecule has 1 aromatic rings. The average molecular weight is 422 g/mol. The lowest BCUT2D eigenvalue weighted by molar-refractivity contribution is -0.133. The molecule has 160 valence electrons. The molecule has 0 spiro atoms. The maximum absolute atomic E-state index is 11.6. The molecule has 0 saturated heterocycles. The Morgan fingerprint density at radius 1 is 1.14 bits per heavy atom. The van der Waals surface area contributed by atoms with E-state index in [0.717, 1.165) is 4.90 Å². The van der Waals surface area contributed by atoms with E-state index >= 15 is 0 Å². The zero-order valence-electron chi connectivity index (χ0n) is 17.8. The van der Waals surface area contributed by atoms with Crippen molar-refractivity contribution in [1.82, 2.24) is 4.90 Å². The van der Waals surface area contributed by atoms with Crippen LogP contribution in [0.15, 0.2) is 35.9 Å². The van der Waals surface area contributed by atoms with Gasteiger partial charge in [0, 0.05) is 6.54 Å². The molecule has 1 heterocycles. The Morgan fingerprint density at radius 2 is 1.76 bits per heavy atom. The summed E-state index contributed by atoms with van der Waals surface area (Å²) in [6, 6.07) is 6.07. The smallest absolute Gasteiger partial charge is 0.408 e. The first-order chi connectivity index (χ1) is 13.4. The zero-order chi connectivity index (χ0) is 21.8. The predicted molar refractivity (Wildman–Crippen MR) is 113 cm³/mol. The topological polar surface area (TPSA) is 96.3 Å². The highest BCUT2D eigenvalue weighted by Crippen LogP contribution is 2.36. The Balaban J connectivity index is 2.03. The number of carboxylic acids is 1. The lowest BCUT2D eigenvalue weighted by Crippen LogP contribution is -2.41. The summed E-state index contributed by atoms with van der Waals surface area (Å²) in [6.45, 7) is 12.1. The molecule has 1 unspecified atom stereocenters. The van der Waals surface area contributed by atoms with Crippen LogP contribution in [0.2, 0.25) is 18.1 Å². The summed E-state index contributed by atoms with van der Waals surface area (Å²) in [7, 11) is -1.81. The lowest BCUT2D eigenvalue weighted by Gasteiger charge is -2.36. The fourth-order valence-electron chi connectivity index (χ4n) is 2.96. The van der Waals surface area contributed by atoms with Gasteiger partial charge in [0.1, 0.15) is 12.4 Å². The minimum atomic E-state index is -1.81. The van der Waals surface area contributed by atoms with Gasteiger partial charge in [-0.15, -0.1) is 0 Å². The molecule has 0 radical (unpaired) electrons. The summed E-state index contributed by atoms with van der Waals surface area (Å²) in [5.41, 5.74) is 0.681. The molecule has 1 atom stereocenters. The second kappa shape index (κ2) is 9.00. The standard InChI is InChI=1S/C21H31NO6Si/c1-21(2,3)29(4,5)28-14-13-27-16-10-8-15(9-11-16)18-17(19(23)24)7-6-12-22(18)20(25)26/h7-11,18H,6,12-14H2,1-5H3,(H,23,24)(H,25,26). The van der Waals surface area contributed by atoms with E-state index in [0.29, 0.717) is 30.9 Å². The fourth-order valence-corrected chi connectivity index (χ4v) is 3.98. The number of carboxylic acid groups (broad SMARTS) is 2. The van der Waals surface area contributed by atoms with Crippen LogP contribution >= 0.6 is 0 Å². The van der Waals surface area contributed by atoms with Gasteiger partial charge < -0.3 is 19.4 Å². The number of hydrogen-bond acceptors (Lipinski definition) is 4. The molecule has 29 heavy (non-hydrogen) atoms. The summed E-state index contributed by atoms with van der Waals surface area (Å²) in [5, 5.41) is 19.1. The number of benzene rings is 1. The summed E-state index contributed by atoms with van der Waals surface area (Å²) in [5.74, 6) is -0.477. The molecular weight excluding hydrogens is 390 g/mol. The third-order valence-corrected chi connectivity index (χ3v) is 10.2. The number of rotatable bonds is 7. The van der Waals surface area contributed by atoms with Crippen molar-refractivity contribution in [3.8, 4) is 5.75 Å². The van der Waals surface area contributed by atoms with E-state index < -0.39 is 26.4 Å². The second-order valence-corrected chi connectivity index (χ2v) is 13.5. The van der Waals surface area contributed by atoms with Gasteiger partial charge in [0.15, 0.2) is 8.32 Å².